The number of aromatic nitrogens is 3. The zero-order chi connectivity index (χ0) is 14.5. The molecule has 0 bridgehead atoms. The van der Waals surface area contributed by atoms with E-state index in [9.17, 15) is 0 Å². The molecule has 2 unspecified atom stereocenters. The Balaban J connectivity index is 1.90. The third kappa shape index (κ3) is 3.14. The van der Waals surface area contributed by atoms with Crippen LogP contribution in [0.15, 0.2) is 36.5 Å². The van der Waals surface area contributed by atoms with Crippen molar-refractivity contribution in [3.8, 4) is 5.69 Å². The Morgan fingerprint density at radius 1 is 1.38 bits per heavy atom. The van der Waals surface area contributed by atoms with Crippen LogP contribution in [0.3, 0.4) is 0 Å². The largest absolute Gasteiger partial charge is 0.381 e. The minimum absolute atomic E-state index is 0.239. The third-order valence-corrected chi connectivity index (χ3v) is 3.95. The van der Waals surface area contributed by atoms with E-state index in [-0.39, 0.29) is 6.04 Å². The average Bonchev–Trinajstić information content (AvgIpc) is 3.20. The van der Waals surface area contributed by atoms with Crippen LogP contribution in [0, 0.1) is 5.92 Å². The second kappa shape index (κ2) is 6.83. The molecule has 0 radical (unpaired) electrons. The fourth-order valence-corrected chi connectivity index (χ4v) is 2.85. The van der Waals surface area contributed by atoms with Crippen LogP contribution in [-0.4, -0.2) is 34.8 Å². The van der Waals surface area contributed by atoms with Gasteiger partial charge in [-0.05, 0) is 31.5 Å². The molecule has 2 heterocycles. The average molecular weight is 286 g/mol. The van der Waals surface area contributed by atoms with E-state index in [1.54, 1.807) is 0 Å². The molecule has 1 aliphatic rings. The predicted molar refractivity (Wildman–Crippen MR) is 81.3 cm³/mol. The second-order valence-corrected chi connectivity index (χ2v) is 5.46. The first-order valence-electron chi connectivity index (χ1n) is 7.67. The van der Waals surface area contributed by atoms with E-state index in [1.807, 2.05) is 29.1 Å². The van der Waals surface area contributed by atoms with Crippen molar-refractivity contribution in [1.82, 2.24) is 20.3 Å². The Labute approximate surface area is 125 Å². The first-order chi connectivity index (χ1) is 10.4. The summed E-state index contributed by atoms with van der Waals surface area (Å²) >= 11 is 0. The van der Waals surface area contributed by atoms with Crippen molar-refractivity contribution in [2.24, 2.45) is 5.92 Å². The second-order valence-electron chi connectivity index (χ2n) is 5.46. The maximum atomic E-state index is 5.57. The summed E-state index contributed by atoms with van der Waals surface area (Å²) in [5, 5.41) is 12.0. The Morgan fingerprint density at radius 3 is 2.95 bits per heavy atom. The Morgan fingerprint density at radius 2 is 2.24 bits per heavy atom. The lowest BCUT2D eigenvalue weighted by molar-refractivity contribution is 0.176. The summed E-state index contributed by atoms with van der Waals surface area (Å²) in [4.78, 5) is 0. The van der Waals surface area contributed by atoms with E-state index in [1.165, 1.54) is 0 Å². The van der Waals surface area contributed by atoms with Crippen molar-refractivity contribution in [2.45, 2.75) is 25.8 Å². The van der Waals surface area contributed by atoms with Gasteiger partial charge < -0.3 is 10.1 Å². The number of hydrogen-bond donors (Lipinski definition) is 1. The van der Waals surface area contributed by atoms with Crippen molar-refractivity contribution in [1.29, 1.82) is 0 Å². The highest BCUT2D eigenvalue weighted by Gasteiger charge is 2.29. The Kier molecular flexibility index (Phi) is 4.62. The molecule has 1 aromatic carbocycles. The van der Waals surface area contributed by atoms with Crippen LogP contribution in [0.2, 0.25) is 0 Å². The van der Waals surface area contributed by atoms with Crippen molar-refractivity contribution in [3.63, 3.8) is 0 Å². The molecule has 5 heteroatoms. The van der Waals surface area contributed by atoms with Gasteiger partial charge in [0.05, 0.1) is 30.2 Å². The van der Waals surface area contributed by atoms with Crippen molar-refractivity contribution in [3.05, 3.63) is 42.2 Å². The molecule has 3 rings (SSSR count). The molecule has 1 saturated heterocycles. The SMILES string of the molecule is CCCNC(c1cnnn1-c1ccccc1)C1CCOC1. The van der Waals surface area contributed by atoms with Gasteiger partial charge in [0.25, 0.3) is 0 Å². The highest BCUT2D eigenvalue weighted by Crippen LogP contribution is 2.29. The van der Waals surface area contributed by atoms with Crippen LogP contribution < -0.4 is 5.32 Å². The van der Waals surface area contributed by atoms with Crippen LogP contribution in [0.4, 0.5) is 0 Å². The summed E-state index contributed by atoms with van der Waals surface area (Å²) in [6.07, 6.45) is 4.07. The number of para-hydroxylation sites is 1. The van der Waals surface area contributed by atoms with Gasteiger partial charge in [0, 0.05) is 12.5 Å². The summed E-state index contributed by atoms with van der Waals surface area (Å²) < 4.78 is 7.51. The first-order valence-corrected chi connectivity index (χ1v) is 7.67. The Bertz CT molecular complexity index is 548. The van der Waals surface area contributed by atoms with Gasteiger partial charge in [0.2, 0.25) is 0 Å². The number of rotatable bonds is 6. The molecular weight excluding hydrogens is 264 g/mol. The van der Waals surface area contributed by atoms with E-state index in [2.05, 4.69) is 34.7 Å². The molecule has 0 saturated carbocycles. The quantitative estimate of drug-likeness (QED) is 0.885. The molecule has 1 aromatic heterocycles. The third-order valence-electron chi connectivity index (χ3n) is 3.95. The summed E-state index contributed by atoms with van der Waals surface area (Å²) in [6, 6.07) is 10.4. The Hall–Kier alpha value is -1.72. The van der Waals surface area contributed by atoms with Gasteiger partial charge in [0.15, 0.2) is 0 Å². The topological polar surface area (TPSA) is 52.0 Å². The van der Waals surface area contributed by atoms with Gasteiger partial charge in [-0.15, -0.1) is 5.10 Å². The zero-order valence-corrected chi connectivity index (χ0v) is 12.4. The summed E-state index contributed by atoms with van der Waals surface area (Å²) in [5.41, 5.74) is 2.16. The van der Waals surface area contributed by atoms with Crippen LogP contribution in [0.25, 0.3) is 5.69 Å². The molecule has 0 amide bonds. The molecule has 1 aliphatic heterocycles. The number of nitrogens with one attached hydrogen (secondary N) is 1. The van der Waals surface area contributed by atoms with Gasteiger partial charge in [-0.25, -0.2) is 4.68 Å². The minimum Gasteiger partial charge on any atom is -0.381 e. The summed E-state index contributed by atoms with van der Waals surface area (Å²) in [7, 11) is 0. The molecule has 0 aliphatic carbocycles. The lowest BCUT2D eigenvalue weighted by atomic mass is 9.96. The van der Waals surface area contributed by atoms with Crippen LogP contribution in [-0.2, 0) is 4.74 Å². The number of benzene rings is 1. The molecule has 2 atom stereocenters. The van der Waals surface area contributed by atoms with E-state index in [0.29, 0.717) is 5.92 Å². The number of ether oxygens (including phenoxy) is 1. The van der Waals surface area contributed by atoms with Crippen molar-refractivity contribution < 1.29 is 4.74 Å². The molecule has 1 N–H and O–H groups in total. The monoisotopic (exact) mass is 286 g/mol. The van der Waals surface area contributed by atoms with Crippen molar-refractivity contribution >= 4 is 0 Å². The smallest absolute Gasteiger partial charge is 0.0818 e. The zero-order valence-electron chi connectivity index (χ0n) is 12.4. The maximum Gasteiger partial charge on any atom is 0.0818 e. The van der Waals surface area contributed by atoms with Gasteiger partial charge in [-0.3, -0.25) is 0 Å². The fraction of sp³-hybridized carbons (Fsp3) is 0.500. The minimum atomic E-state index is 0.239. The molecule has 112 valence electrons. The molecule has 5 nitrogen and oxygen atoms in total. The van der Waals surface area contributed by atoms with E-state index >= 15 is 0 Å². The molecule has 1 fully saturated rings. The van der Waals surface area contributed by atoms with Gasteiger partial charge >= 0.3 is 0 Å². The van der Waals surface area contributed by atoms with Gasteiger partial charge in [-0.1, -0.05) is 30.3 Å². The highest BCUT2D eigenvalue weighted by molar-refractivity contribution is 5.32. The summed E-state index contributed by atoms with van der Waals surface area (Å²) in [5.74, 6) is 0.484. The standard InChI is InChI=1S/C16H22N4O/c1-2-9-17-16(13-8-10-21-12-13)15-11-18-19-20(15)14-6-4-3-5-7-14/h3-7,11,13,16-17H,2,8-10,12H2,1H3. The number of nitrogens with zero attached hydrogens (tertiary/aromatic N) is 3. The van der Waals surface area contributed by atoms with Gasteiger partial charge in [-0.2, -0.15) is 0 Å². The molecular formula is C16H22N4O. The molecule has 21 heavy (non-hydrogen) atoms. The molecule has 0 spiro atoms. The predicted octanol–water partition coefficient (Wildman–Crippen LogP) is 2.34. The lowest BCUT2D eigenvalue weighted by Gasteiger charge is -2.24. The highest BCUT2D eigenvalue weighted by atomic mass is 16.5. The van der Waals surface area contributed by atoms with E-state index < -0.39 is 0 Å². The maximum absolute atomic E-state index is 5.57. The van der Waals surface area contributed by atoms with Crippen LogP contribution >= 0.6 is 0 Å². The number of hydrogen-bond acceptors (Lipinski definition) is 4. The first kappa shape index (κ1) is 14.2. The molecule has 2 aromatic rings. The van der Waals surface area contributed by atoms with Crippen LogP contribution in [0.5, 0.6) is 0 Å². The van der Waals surface area contributed by atoms with E-state index in [0.717, 1.165) is 44.0 Å². The van der Waals surface area contributed by atoms with E-state index in [4.69, 9.17) is 4.74 Å². The summed E-state index contributed by atoms with van der Waals surface area (Å²) in [6.45, 7) is 4.83. The fourth-order valence-electron chi connectivity index (χ4n) is 2.85. The van der Waals surface area contributed by atoms with Crippen molar-refractivity contribution in [2.75, 3.05) is 19.8 Å². The van der Waals surface area contributed by atoms with Crippen LogP contribution in [0.1, 0.15) is 31.5 Å². The van der Waals surface area contributed by atoms with Gasteiger partial charge in [0.1, 0.15) is 0 Å². The normalized spacial score (nSPS) is 19.8. The lowest BCUT2D eigenvalue weighted by Crippen LogP contribution is -2.31.